The van der Waals surface area contributed by atoms with E-state index in [9.17, 15) is 4.79 Å². The summed E-state index contributed by atoms with van der Waals surface area (Å²) in [5.41, 5.74) is 2.35. The maximum absolute atomic E-state index is 11.7. The standard InChI is InChI=1S/C20H16ClN3O4/c1-3-26-20(25)28-19-11(2)17-14(10-23-19)24-13-5-4-6-15(18(13)17)27-16-8-7-12(21)9-22-16/h4-10,24H,3H2,1-2H3. The Balaban J connectivity index is 1.83. The lowest BCUT2D eigenvalue weighted by Gasteiger charge is -2.09. The molecule has 0 unspecified atom stereocenters. The van der Waals surface area contributed by atoms with Crippen LogP contribution in [0, 0.1) is 6.92 Å². The van der Waals surface area contributed by atoms with Gasteiger partial charge >= 0.3 is 6.16 Å². The van der Waals surface area contributed by atoms with Crippen LogP contribution in [0.2, 0.25) is 5.02 Å². The zero-order chi connectivity index (χ0) is 19.7. The number of benzene rings is 1. The maximum Gasteiger partial charge on any atom is 0.515 e. The number of ether oxygens (including phenoxy) is 3. The first kappa shape index (κ1) is 18.1. The van der Waals surface area contributed by atoms with Crippen molar-refractivity contribution in [3.63, 3.8) is 0 Å². The van der Waals surface area contributed by atoms with Gasteiger partial charge in [-0.3, -0.25) is 0 Å². The molecule has 0 saturated carbocycles. The van der Waals surface area contributed by atoms with Crippen molar-refractivity contribution in [1.29, 1.82) is 0 Å². The van der Waals surface area contributed by atoms with Crippen LogP contribution in [-0.4, -0.2) is 27.7 Å². The molecular formula is C20H16ClN3O4. The largest absolute Gasteiger partial charge is 0.515 e. The maximum atomic E-state index is 11.7. The lowest BCUT2D eigenvalue weighted by molar-refractivity contribution is 0.102. The molecule has 7 nitrogen and oxygen atoms in total. The van der Waals surface area contributed by atoms with Gasteiger partial charge in [0, 0.05) is 23.2 Å². The molecular weight excluding hydrogens is 382 g/mol. The minimum Gasteiger partial charge on any atom is -0.438 e. The predicted molar refractivity (Wildman–Crippen MR) is 105 cm³/mol. The summed E-state index contributed by atoms with van der Waals surface area (Å²) in [6.45, 7) is 3.76. The Morgan fingerprint density at radius 2 is 1.96 bits per heavy atom. The van der Waals surface area contributed by atoms with E-state index in [0.717, 1.165) is 21.8 Å². The Morgan fingerprint density at radius 3 is 2.71 bits per heavy atom. The molecule has 0 spiro atoms. The number of hydrogen-bond donors (Lipinski definition) is 1. The summed E-state index contributed by atoms with van der Waals surface area (Å²) in [7, 11) is 0. The van der Waals surface area contributed by atoms with Gasteiger partial charge in [0.1, 0.15) is 5.75 Å². The number of halogens is 1. The van der Waals surface area contributed by atoms with Gasteiger partial charge in [0.15, 0.2) is 0 Å². The third-order valence-corrected chi connectivity index (χ3v) is 4.40. The Labute approximate surface area is 165 Å². The Hall–Kier alpha value is -3.32. The first-order valence-electron chi connectivity index (χ1n) is 8.61. The molecule has 3 heterocycles. The quantitative estimate of drug-likeness (QED) is 0.464. The molecule has 0 bridgehead atoms. The number of nitrogens with zero attached hydrogens (tertiary/aromatic N) is 2. The fraction of sp³-hybridized carbons (Fsp3) is 0.150. The number of pyridine rings is 2. The lowest BCUT2D eigenvalue weighted by Crippen LogP contribution is -2.11. The minimum atomic E-state index is -0.792. The molecule has 0 aliphatic carbocycles. The van der Waals surface area contributed by atoms with Crippen molar-refractivity contribution in [3.8, 4) is 17.5 Å². The fourth-order valence-corrected chi connectivity index (χ4v) is 3.11. The summed E-state index contributed by atoms with van der Waals surface area (Å²) < 4.78 is 16.1. The summed E-state index contributed by atoms with van der Waals surface area (Å²) in [5, 5.41) is 2.21. The first-order chi connectivity index (χ1) is 13.6. The molecule has 28 heavy (non-hydrogen) atoms. The number of carbonyl (C=O) groups is 1. The molecule has 4 rings (SSSR count). The van der Waals surface area contributed by atoms with Crippen molar-refractivity contribution in [1.82, 2.24) is 15.0 Å². The van der Waals surface area contributed by atoms with E-state index >= 15 is 0 Å². The van der Waals surface area contributed by atoms with E-state index < -0.39 is 6.16 Å². The highest BCUT2D eigenvalue weighted by Gasteiger charge is 2.18. The second kappa shape index (κ2) is 7.36. The number of nitrogens with one attached hydrogen (secondary N) is 1. The Bertz CT molecular complexity index is 1170. The van der Waals surface area contributed by atoms with Crippen LogP contribution < -0.4 is 9.47 Å². The highest BCUT2D eigenvalue weighted by atomic mass is 35.5. The second-order valence-corrected chi connectivity index (χ2v) is 6.42. The monoisotopic (exact) mass is 397 g/mol. The van der Waals surface area contributed by atoms with E-state index in [1.54, 1.807) is 25.3 Å². The van der Waals surface area contributed by atoms with Crippen LogP contribution in [-0.2, 0) is 4.74 Å². The molecule has 0 fully saturated rings. The Kier molecular flexibility index (Phi) is 4.75. The highest BCUT2D eigenvalue weighted by molar-refractivity contribution is 6.30. The molecule has 8 heteroatoms. The first-order valence-corrected chi connectivity index (χ1v) is 8.98. The van der Waals surface area contributed by atoms with Gasteiger partial charge in [0.2, 0.25) is 11.8 Å². The van der Waals surface area contributed by atoms with Gasteiger partial charge in [-0.1, -0.05) is 17.7 Å². The number of fused-ring (bicyclic) bond motifs is 3. The van der Waals surface area contributed by atoms with Gasteiger partial charge < -0.3 is 19.2 Å². The van der Waals surface area contributed by atoms with Gasteiger partial charge in [0.25, 0.3) is 0 Å². The van der Waals surface area contributed by atoms with Gasteiger partial charge in [0.05, 0.1) is 34.2 Å². The molecule has 0 atom stereocenters. The van der Waals surface area contributed by atoms with Crippen molar-refractivity contribution in [2.75, 3.05) is 6.61 Å². The minimum absolute atomic E-state index is 0.186. The van der Waals surface area contributed by atoms with Gasteiger partial charge in [-0.15, -0.1) is 0 Å². The predicted octanol–water partition coefficient (Wildman–Crippen LogP) is 5.40. The smallest absolute Gasteiger partial charge is 0.438 e. The van der Waals surface area contributed by atoms with Gasteiger partial charge in [-0.2, -0.15) is 0 Å². The molecule has 0 aliphatic rings. The normalized spacial score (nSPS) is 11.0. The topological polar surface area (TPSA) is 86.3 Å². The molecule has 4 aromatic rings. The summed E-state index contributed by atoms with van der Waals surface area (Å²) in [6.07, 6.45) is 2.34. The SMILES string of the molecule is CCOC(=O)Oc1ncc2[nH]c3cccc(Oc4ccc(Cl)cn4)c3c2c1C. The molecule has 1 N–H and O–H groups in total. The molecule has 0 aliphatic heterocycles. The number of H-pyrrole nitrogens is 1. The average molecular weight is 398 g/mol. The van der Waals surface area contributed by atoms with Crippen LogP contribution in [0.1, 0.15) is 12.5 Å². The van der Waals surface area contributed by atoms with E-state index in [-0.39, 0.29) is 12.5 Å². The van der Waals surface area contributed by atoms with Crippen LogP contribution in [0.5, 0.6) is 17.5 Å². The van der Waals surface area contributed by atoms with Crippen molar-refractivity contribution in [2.24, 2.45) is 0 Å². The number of aromatic amines is 1. The molecule has 0 radical (unpaired) electrons. The summed E-state index contributed by atoms with van der Waals surface area (Å²) in [4.78, 5) is 23.4. The van der Waals surface area contributed by atoms with E-state index in [1.807, 2.05) is 25.1 Å². The fourth-order valence-electron chi connectivity index (χ4n) is 3.00. The Morgan fingerprint density at radius 1 is 1.11 bits per heavy atom. The number of aromatic nitrogens is 3. The molecule has 0 amide bonds. The van der Waals surface area contributed by atoms with E-state index in [1.165, 1.54) is 6.20 Å². The summed E-state index contributed by atoms with van der Waals surface area (Å²) in [6, 6.07) is 9.06. The van der Waals surface area contributed by atoms with Crippen molar-refractivity contribution < 1.29 is 19.0 Å². The van der Waals surface area contributed by atoms with Crippen LogP contribution in [0.4, 0.5) is 4.79 Å². The zero-order valence-electron chi connectivity index (χ0n) is 15.2. The second-order valence-electron chi connectivity index (χ2n) is 5.98. The molecule has 1 aromatic carbocycles. The van der Waals surface area contributed by atoms with Crippen LogP contribution >= 0.6 is 11.6 Å². The summed E-state index contributed by atoms with van der Waals surface area (Å²) >= 11 is 5.89. The van der Waals surface area contributed by atoms with Crippen LogP contribution in [0.15, 0.2) is 42.7 Å². The highest BCUT2D eigenvalue weighted by Crippen LogP contribution is 2.38. The van der Waals surface area contributed by atoms with E-state index in [4.69, 9.17) is 25.8 Å². The van der Waals surface area contributed by atoms with Crippen LogP contribution in [0.25, 0.3) is 21.8 Å². The average Bonchev–Trinajstić information content (AvgIpc) is 3.06. The van der Waals surface area contributed by atoms with Gasteiger partial charge in [-0.25, -0.2) is 14.8 Å². The van der Waals surface area contributed by atoms with E-state index in [2.05, 4.69) is 15.0 Å². The van der Waals surface area contributed by atoms with Gasteiger partial charge in [-0.05, 0) is 32.0 Å². The molecule has 3 aromatic heterocycles. The van der Waals surface area contributed by atoms with Crippen LogP contribution in [0.3, 0.4) is 0 Å². The third-order valence-electron chi connectivity index (χ3n) is 4.18. The van der Waals surface area contributed by atoms with Crippen molar-refractivity contribution >= 4 is 39.6 Å². The summed E-state index contributed by atoms with van der Waals surface area (Å²) in [5.74, 6) is 1.21. The zero-order valence-corrected chi connectivity index (χ0v) is 15.9. The molecule has 142 valence electrons. The van der Waals surface area contributed by atoms with E-state index in [0.29, 0.717) is 22.2 Å². The van der Waals surface area contributed by atoms with Crippen molar-refractivity contribution in [3.05, 3.63) is 53.3 Å². The van der Waals surface area contributed by atoms with Crippen molar-refractivity contribution in [2.45, 2.75) is 13.8 Å². The lowest BCUT2D eigenvalue weighted by atomic mass is 10.1. The number of aryl methyl sites for hydroxylation is 1. The number of rotatable bonds is 4. The number of hydrogen-bond acceptors (Lipinski definition) is 6. The number of carbonyl (C=O) groups excluding carboxylic acids is 1. The molecule has 0 saturated heterocycles. The third kappa shape index (κ3) is 3.32.